The average Bonchev–Trinajstić information content (AvgIpc) is 2.27. The zero-order valence-corrected chi connectivity index (χ0v) is 10.7. The molecule has 15 heavy (non-hydrogen) atoms. The Morgan fingerprint density at radius 3 is 2.20 bits per heavy atom. The Morgan fingerprint density at radius 1 is 1.27 bits per heavy atom. The molecule has 88 valence electrons. The van der Waals surface area contributed by atoms with Crippen molar-refractivity contribution in [2.45, 2.75) is 26.7 Å². The molecule has 0 rings (SSSR count). The molecule has 4 nitrogen and oxygen atoms in total. The maximum absolute atomic E-state index is 10.8. The molecule has 5 heteroatoms. The molecular formula is C10H20O4Si. The molecule has 0 spiro atoms. The lowest BCUT2D eigenvalue weighted by Crippen LogP contribution is -2.31. The highest BCUT2D eigenvalue weighted by Crippen LogP contribution is 1.95. The van der Waals surface area contributed by atoms with Crippen molar-refractivity contribution < 1.29 is 18.4 Å². The minimum atomic E-state index is -1.83. The topological polar surface area (TPSA) is 44.8 Å². The number of hydrogen-bond acceptors (Lipinski definition) is 4. The Kier molecular flexibility index (Phi) is 9.45. The first kappa shape index (κ1) is 14.3. The van der Waals surface area contributed by atoms with E-state index in [0.29, 0.717) is 13.2 Å². The zero-order valence-electron chi connectivity index (χ0n) is 9.53. The van der Waals surface area contributed by atoms with Gasteiger partial charge in [0.1, 0.15) is 6.23 Å². The van der Waals surface area contributed by atoms with Gasteiger partial charge in [-0.3, -0.25) is 0 Å². The molecule has 0 fully saturated rings. The number of esters is 1. The van der Waals surface area contributed by atoms with Crippen LogP contribution in [-0.4, -0.2) is 34.7 Å². The van der Waals surface area contributed by atoms with E-state index in [2.05, 4.69) is 6.58 Å². The summed E-state index contributed by atoms with van der Waals surface area (Å²) in [5, 5.41) is 0. The number of ether oxygens (including phenoxy) is 1. The van der Waals surface area contributed by atoms with E-state index in [1.165, 1.54) is 0 Å². The quantitative estimate of drug-likeness (QED) is 0.342. The third-order valence-corrected chi connectivity index (χ3v) is 3.20. The lowest BCUT2D eigenvalue weighted by molar-refractivity contribution is -0.136. The summed E-state index contributed by atoms with van der Waals surface area (Å²) in [6, 6.07) is 0. The summed E-state index contributed by atoms with van der Waals surface area (Å²) in [7, 11) is -1.83. The molecule has 0 saturated carbocycles. The van der Waals surface area contributed by atoms with Crippen molar-refractivity contribution in [2.24, 2.45) is 0 Å². The first-order valence-electron chi connectivity index (χ1n) is 5.27. The fourth-order valence-corrected chi connectivity index (χ4v) is 2.44. The molecule has 0 atom stereocenters. The van der Waals surface area contributed by atoms with Gasteiger partial charge in [0.25, 0.3) is 0 Å². The fraction of sp³-hybridized carbons (Fsp3) is 0.700. The molecule has 0 aliphatic heterocycles. The van der Waals surface area contributed by atoms with Gasteiger partial charge in [0, 0.05) is 19.3 Å². The predicted molar refractivity (Wildman–Crippen MR) is 60.8 cm³/mol. The smallest absolute Gasteiger partial charge is 0.360 e. The number of carbonyl (C=O) groups excluding carboxylic acids is 1. The maximum Gasteiger partial charge on any atom is 0.360 e. The van der Waals surface area contributed by atoms with Crippen LogP contribution in [0.25, 0.3) is 0 Å². The van der Waals surface area contributed by atoms with Crippen LogP contribution in [0.4, 0.5) is 0 Å². The normalized spacial score (nSPS) is 10.3. The highest BCUT2D eigenvalue weighted by Gasteiger charge is 2.14. The molecule has 0 unspecified atom stereocenters. The van der Waals surface area contributed by atoms with Gasteiger partial charge in [0.15, 0.2) is 0 Å². The summed E-state index contributed by atoms with van der Waals surface area (Å²) < 4.78 is 15.9. The number of carbonyl (C=O) groups is 1. The van der Waals surface area contributed by atoms with Gasteiger partial charge in [-0.15, -0.1) is 0 Å². The number of hydrogen-bond donors (Lipinski definition) is 0. The van der Waals surface area contributed by atoms with Crippen LogP contribution in [0.15, 0.2) is 12.7 Å². The van der Waals surface area contributed by atoms with Gasteiger partial charge in [-0.25, -0.2) is 4.79 Å². The van der Waals surface area contributed by atoms with Crippen LogP contribution in [0.5, 0.6) is 0 Å². The molecule has 0 heterocycles. The highest BCUT2D eigenvalue weighted by molar-refractivity contribution is 6.44. The summed E-state index contributed by atoms with van der Waals surface area (Å²) in [6.45, 7) is 8.70. The van der Waals surface area contributed by atoms with Crippen LogP contribution < -0.4 is 0 Å². The van der Waals surface area contributed by atoms with Gasteiger partial charge in [-0.1, -0.05) is 20.4 Å². The van der Waals surface area contributed by atoms with Crippen molar-refractivity contribution in [3.8, 4) is 0 Å². The minimum Gasteiger partial charge on any atom is -0.461 e. The van der Waals surface area contributed by atoms with E-state index in [9.17, 15) is 4.79 Å². The first-order chi connectivity index (χ1) is 7.24. The second kappa shape index (κ2) is 9.89. The van der Waals surface area contributed by atoms with E-state index in [1.54, 1.807) is 0 Å². The molecule has 0 aliphatic rings. The fourth-order valence-electron chi connectivity index (χ4n) is 0.852. The largest absolute Gasteiger partial charge is 0.461 e. The van der Waals surface area contributed by atoms with Crippen molar-refractivity contribution >= 4 is 15.3 Å². The third kappa shape index (κ3) is 8.35. The van der Waals surface area contributed by atoms with E-state index in [4.69, 9.17) is 13.6 Å². The molecule has 0 saturated heterocycles. The van der Waals surface area contributed by atoms with Gasteiger partial charge >= 0.3 is 15.3 Å². The lowest BCUT2D eigenvalue weighted by atomic mass is 10.5. The molecule has 0 amide bonds. The van der Waals surface area contributed by atoms with Crippen LogP contribution in [0.2, 0.25) is 0 Å². The Hall–Kier alpha value is -0.653. The summed E-state index contributed by atoms with van der Waals surface area (Å²) >= 11 is 0. The molecule has 0 aromatic rings. The van der Waals surface area contributed by atoms with Crippen molar-refractivity contribution in [3.05, 3.63) is 12.7 Å². The van der Waals surface area contributed by atoms with E-state index < -0.39 is 15.3 Å². The van der Waals surface area contributed by atoms with E-state index in [0.717, 1.165) is 18.9 Å². The van der Waals surface area contributed by atoms with Crippen LogP contribution in [0, 0.1) is 0 Å². The van der Waals surface area contributed by atoms with Crippen LogP contribution in [0.3, 0.4) is 0 Å². The monoisotopic (exact) mass is 232 g/mol. The maximum atomic E-state index is 10.8. The molecule has 0 bridgehead atoms. The van der Waals surface area contributed by atoms with Gasteiger partial charge < -0.3 is 13.6 Å². The van der Waals surface area contributed by atoms with Crippen molar-refractivity contribution in [1.29, 1.82) is 0 Å². The van der Waals surface area contributed by atoms with Crippen molar-refractivity contribution in [3.63, 3.8) is 0 Å². The Bertz CT molecular complexity index is 176. The molecular weight excluding hydrogens is 212 g/mol. The van der Waals surface area contributed by atoms with Crippen molar-refractivity contribution in [2.75, 3.05) is 19.4 Å². The summed E-state index contributed by atoms with van der Waals surface area (Å²) in [6.07, 6.45) is 3.28. The lowest BCUT2D eigenvalue weighted by Gasteiger charge is -2.15. The molecule has 0 aromatic heterocycles. The van der Waals surface area contributed by atoms with Crippen molar-refractivity contribution in [1.82, 2.24) is 0 Å². The average molecular weight is 232 g/mol. The molecule has 0 N–H and O–H groups in total. The van der Waals surface area contributed by atoms with E-state index in [1.807, 2.05) is 13.8 Å². The Labute approximate surface area is 93.1 Å². The summed E-state index contributed by atoms with van der Waals surface area (Å²) in [5.74, 6) is -0.423. The Balaban J connectivity index is 3.77. The van der Waals surface area contributed by atoms with Crippen LogP contribution >= 0.6 is 0 Å². The molecule has 0 aromatic carbocycles. The van der Waals surface area contributed by atoms with Gasteiger partial charge in [-0.05, 0) is 12.8 Å². The third-order valence-electron chi connectivity index (χ3n) is 1.54. The van der Waals surface area contributed by atoms with E-state index >= 15 is 0 Å². The second-order valence-corrected chi connectivity index (χ2v) is 4.86. The van der Waals surface area contributed by atoms with Gasteiger partial charge in [0.05, 0.1) is 0 Å². The Morgan fingerprint density at radius 2 is 1.80 bits per heavy atom. The second-order valence-electron chi connectivity index (χ2n) is 3.01. The number of rotatable bonds is 9. The standard InChI is InChI=1S/C10H20O4Si/c1-4-7-13-15(14-8-5-2)9-12-10(11)6-3/h6,15H,3-5,7-9H2,1-2H3. The van der Waals surface area contributed by atoms with Crippen LogP contribution in [0.1, 0.15) is 26.7 Å². The van der Waals surface area contributed by atoms with Gasteiger partial charge in [-0.2, -0.15) is 0 Å². The minimum absolute atomic E-state index is 0.255. The summed E-state index contributed by atoms with van der Waals surface area (Å²) in [4.78, 5) is 10.8. The van der Waals surface area contributed by atoms with Gasteiger partial charge in [0.2, 0.25) is 0 Å². The zero-order chi connectivity index (χ0) is 11.5. The highest BCUT2D eigenvalue weighted by atomic mass is 28.3. The SMILES string of the molecule is C=CC(=O)OC[SiH](OCCC)OCCC. The predicted octanol–water partition coefficient (Wildman–Crippen LogP) is 1.33. The molecule has 0 aliphatic carbocycles. The van der Waals surface area contributed by atoms with Crippen LogP contribution in [-0.2, 0) is 18.4 Å². The first-order valence-corrected chi connectivity index (χ1v) is 7.02. The van der Waals surface area contributed by atoms with E-state index in [-0.39, 0.29) is 6.23 Å². The molecule has 0 radical (unpaired) electrons. The summed E-state index contributed by atoms with van der Waals surface area (Å²) in [5.41, 5.74) is 0.